The Labute approximate surface area is 461 Å². The second-order valence-electron chi connectivity index (χ2n) is 22.2. The molecule has 446 valence electrons. The lowest BCUT2D eigenvalue weighted by Crippen LogP contribution is -2.65. The maximum atomic E-state index is 13.3. The molecule has 0 aromatic heterocycles. The van der Waals surface area contributed by atoms with Crippen molar-refractivity contribution in [2.75, 3.05) is 19.8 Å². The van der Waals surface area contributed by atoms with Gasteiger partial charge >= 0.3 is 0 Å². The molecule has 14 heteroatoms. The number of ether oxygens (including phenoxy) is 4. The number of aliphatic hydroxyl groups is 8. The Balaban J connectivity index is 1.77. The molecule has 2 heterocycles. The number of aliphatic hydroxyl groups excluding tert-OH is 8. The predicted octanol–water partition coefficient (Wildman–Crippen LogP) is 11.0. The van der Waals surface area contributed by atoms with Crippen molar-refractivity contribution in [3.05, 3.63) is 36.5 Å². The summed E-state index contributed by atoms with van der Waals surface area (Å²) in [5, 5.41) is 87.2. The Hall–Kier alpha value is -1.79. The van der Waals surface area contributed by atoms with Gasteiger partial charge in [-0.15, -0.1) is 0 Å². The molecule has 0 radical (unpaired) electrons. The summed E-state index contributed by atoms with van der Waals surface area (Å²) >= 11 is 0. The predicted molar refractivity (Wildman–Crippen MR) is 305 cm³/mol. The van der Waals surface area contributed by atoms with Crippen LogP contribution in [0.3, 0.4) is 0 Å². The average molecular weight is 1080 g/mol. The van der Waals surface area contributed by atoms with Gasteiger partial charge in [-0.3, -0.25) is 4.79 Å². The molecule has 0 aromatic carbocycles. The molecule has 0 saturated carbocycles. The van der Waals surface area contributed by atoms with Crippen LogP contribution in [0.5, 0.6) is 0 Å². The molecule has 2 aliphatic rings. The SMILES string of the molecule is CCCCCCCC/C=C\CCCCCCCCCCCC(=O)NC(COC1OC(CO)C(OC2OC(CO)C(O)C(O)C2O)C(O)C1O)C(O)/C=C/CC/C=C/CCCCCCCCCCCCCCCCCCC. The summed E-state index contributed by atoms with van der Waals surface area (Å²) in [5.41, 5.74) is 0. The number of amides is 1. The maximum absolute atomic E-state index is 13.3. The number of hydrogen-bond donors (Lipinski definition) is 9. The van der Waals surface area contributed by atoms with E-state index in [0.29, 0.717) is 12.8 Å². The number of carbonyl (C=O) groups is 1. The first kappa shape index (κ1) is 70.3. The van der Waals surface area contributed by atoms with E-state index in [1.807, 2.05) is 6.08 Å². The Morgan fingerprint density at radius 3 is 1.29 bits per heavy atom. The van der Waals surface area contributed by atoms with E-state index >= 15 is 0 Å². The highest BCUT2D eigenvalue weighted by Crippen LogP contribution is 2.30. The minimum atomic E-state index is -1.79. The van der Waals surface area contributed by atoms with E-state index in [4.69, 9.17) is 18.9 Å². The highest BCUT2D eigenvalue weighted by atomic mass is 16.7. The van der Waals surface area contributed by atoms with E-state index in [-0.39, 0.29) is 18.9 Å². The molecule has 12 atom stereocenters. The number of rotatable bonds is 50. The molecule has 76 heavy (non-hydrogen) atoms. The number of hydrogen-bond acceptors (Lipinski definition) is 13. The number of unbranched alkanes of at least 4 members (excludes halogenated alkanes) is 33. The average Bonchev–Trinajstić information content (AvgIpc) is 3.42. The molecule has 14 nitrogen and oxygen atoms in total. The fourth-order valence-corrected chi connectivity index (χ4v) is 10.2. The second-order valence-corrected chi connectivity index (χ2v) is 22.2. The standard InChI is InChI=1S/C62H115NO13/c1-3-5-7-9-11-13-15-17-19-21-23-24-25-26-28-29-31-33-35-37-39-41-43-45-51(66)50(63-54(67)46-44-42-40-38-36-34-32-30-27-22-20-18-16-14-12-10-8-6-4-2)49-73-61-59(72)57(70)60(53(48-65)75-61)76-62-58(71)56(69)55(68)52(47-64)74-62/h18,20,35,37,43,45,50-53,55-62,64-66,68-72H,3-17,19,21-34,36,38-42,44,46-49H2,1-2H3,(H,63,67)/b20-18-,37-35+,45-43+. The van der Waals surface area contributed by atoms with E-state index in [2.05, 4.69) is 43.5 Å². The minimum Gasteiger partial charge on any atom is -0.394 e. The van der Waals surface area contributed by atoms with Gasteiger partial charge in [-0.05, 0) is 57.8 Å². The van der Waals surface area contributed by atoms with Crippen LogP contribution < -0.4 is 5.32 Å². The molecule has 2 rings (SSSR count). The Morgan fingerprint density at radius 1 is 0.461 bits per heavy atom. The summed E-state index contributed by atoms with van der Waals surface area (Å²) in [6, 6.07) is -0.932. The molecule has 1 amide bonds. The van der Waals surface area contributed by atoms with Gasteiger partial charge in [-0.25, -0.2) is 0 Å². The molecule has 0 bridgehead atoms. The van der Waals surface area contributed by atoms with Crippen LogP contribution in [0.25, 0.3) is 0 Å². The van der Waals surface area contributed by atoms with Gasteiger partial charge in [0.05, 0.1) is 32.0 Å². The summed E-state index contributed by atoms with van der Waals surface area (Å²) in [6.45, 7) is 2.80. The van der Waals surface area contributed by atoms with Gasteiger partial charge < -0.3 is 65.1 Å². The van der Waals surface area contributed by atoms with Gasteiger partial charge in [0.1, 0.15) is 48.8 Å². The fraction of sp³-hybridized carbons (Fsp3) is 0.887. The molecule has 2 aliphatic heterocycles. The van der Waals surface area contributed by atoms with E-state index in [1.165, 1.54) is 193 Å². The lowest BCUT2D eigenvalue weighted by Gasteiger charge is -2.46. The molecule has 0 spiro atoms. The van der Waals surface area contributed by atoms with Gasteiger partial charge in [0.25, 0.3) is 0 Å². The van der Waals surface area contributed by atoms with Gasteiger partial charge in [0, 0.05) is 6.42 Å². The smallest absolute Gasteiger partial charge is 0.220 e. The van der Waals surface area contributed by atoms with Crippen LogP contribution in [0.2, 0.25) is 0 Å². The topological polar surface area (TPSA) is 228 Å². The molecule has 0 aliphatic carbocycles. The largest absolute Gasteiger partial charge is 0.394 e. The van der Waals surface area contributed by atoms with E-state index in [0.717, 1.165) is 32.1 Å². The number of allylic oxidation sites excluding steroid dienone is 5. The number of carbonyl (C=O) groups excluding carboxylic acids is 1. The first-order valence-electron chi connectivity index (χ1n) is 31.2. The van der Waals surface area contributed by atoms with Crippen LogP contribution in [0.15, 0.2) is 36.5 Å². The van der Waals surface area contributed by atoms with Crippen molar-refractivity contribution in [2.24, 2.45) is 0 Å². The highest BCUT2D eigenvalue weighted by molar-refractivity contribution is 5.76. The molecule has 2 saturated heterocycles. The summed E-state index contributed by atoms with van der Waals surface area (Å²) in [5.74, 6) is -0.249. The van der Waals surface area contributed by atoms with Crippen molar-refractivity contribution in [2.45, 2.75) is 331 Å². The molecular weight excluding hydrogens is 967 g/mol. The quantitative estimate of drug-likeness (QED) is 0.0204. The Morgan fingerprint density at radius 2 is 0.842 bits per heavy atom. The van der Waals surface area contributed by atoms with Crippen LogP contribution in [0.1, 0.15) is 258 Å². The molecule has 0 aromatic rings. The highest BCUT2D eigenvalue weighted by Gasteiger charge is 2.51. The third-order valence-electron chi connectivity index (χ3n) is 15.3. The van der Waals surface area contributed by atoms with Crippen molar-refractivity contribution in [3.8, 4) is 0 Å². The zero-order valence-corrected chi connectivity index (χ0v) is 48.0. The van der Waals surface area contributed by atoms with Crippen molar-refractivity contribution in [1.82, 2.24) is 5.32 Å². The maximum Gasteiger partial charge on any atom is 0.220 e. The Bertz CT molecular complexity index is 1410. The van der Waals surface area contributed by atoms with Crippen molar-refractivity contribution in [3.63, 3.8) is 0 Å². The van der Waals surface area contributed by atoms with E-state index < -0.39 is 86.8 Å². The van der Waals surface area contributed by atoms with Crippen LogP contribution in [0.4, 0.5) is 0 Å². The zero-order valence-electron chi connectivity index (χ0n) is 48.0. The van der Waals surface area contributed by atoms with Gasteiger partial charge in [-0.2, -0.15) is 0 Å². The van der Waals surface area contributed by atoms with Crippen molar-refractivity contribution in [1.29, 1.82) is 0 Å². The first-order chi connectivity index (χ1) is 37.1. The molecule has 12 unspecified atom stereocenters. The summed E-state index contributed by atoms with van der Waals surface area (Å²) in [7, 11) is 0. The molecular formula is C62H115NO13. The van der Waals surface area contributed by atoms with E-state index in [1.54, 1.807) is 6.08 Å². The van der Waals surface area contributed by atoms with E-state index in [9.17, 15) is 45.6 Å². The van der Waals surface area contributed by atoms with Crippen molar-refractivity contribution >= 4 is 5.91 Å². The summed E-state index contributed by atoms with van der Waals surface area (Å²) in [6.07, 6.45) is 41.9. The van der Waals surface area contributed by atoms with Gasteiger partial charge in [-0.1, -0.05) is 230 Å². The van der Waals surface area contributed by atoms with Crippen LogP contribution in [-0.4, -0.2) is 140 Å². The summed E-state index contributed by atoms with van der Waals surface area (Å²) < 4.78 is 22.8. The van der Waals surface area contributed by atoms with Gasteiger partial charge in [0.15, 0.2) is 12.6 Å². The second kappa shape index (κ2) is 48.0. The molecule has 9 N–H and O–H groups in total. The zero-order chi connectivity index (χ0) is 55.3. The summed E-state index contributed by atoms with van der Waals surface area (Å²) in [4.78, 5) is 13.3. The van der Waals surface area contributed by atoms with Crippen LogP contribution in [-0.2, 0) is 23.7 Å². The Kier molecular flexibility index (Phi) is 44.4. The third kappa shape index (κ3) is 33.1. The van der Waals surface area contributed by atoms with Crippen molar-refractivity contribution < 1.29 is 64.6 Å². The lowest BCUT2D eigenvalue weighted by atomic mass is 9.97. The minimum absolute atomic E-state index is 0.249. The lowest BCUT2D eigenvalue weighted by molar-refractivity contribution is -0.359. The third-order valence-corrected chi connectivity index (χ3v) is 15.3. The first-order valence-corrected chi connectivity index (χ1v) is 31.2. The van der Waals surface area contributed by atoms with Gasteiger partial charge in [0.2, 0.25) is 5.91 Å². The monoisotopic (exact) mass is 1080 g/mol. The number of nitrogens with one attached hydrogen (secondary N) is 1. The normalized spacial score (nSPS) is 25.1. The van der Waals surface area contributed by atoms with Crippen LogP contribution >= 0.6 is 0 Å². The van der Waals surface area contributed by atoms with Crippen LogP contribution in [0, 0.1) is 0 Å². The molecule has 2 fully saturated rings. The fourth-order valence-electron chi connectivity index (χ4n) is 10.2.